The Hall–Kier alpha value is -1.18. The van der Waals surface area contributed by atoms with Gasteiger partial charge in [0.25, 0.3) is 0 Å². The van der Waals surface area contributed by atoms with Crippen molar-refractivity contribution in [3.05, 3.63) is 23.9 Å². The number of nitrogens with zero attached hydrogens (tertiary/aromatic N) is 1. The Morgan fingerprint density at radius 3 is 1.52 bits per heavy atom. The molecule has 27 heavy (non-hydrogen) atoms. The van der Waals surface area contributed by atoms with Crippen molar-refractivity contribution in [3.8, 4) is 0 Å². The molecule has 0 fully saturated rings. The maximum atomic E-state index is 10.4. The molecule has 0 spiro atoms. The van der Waals surface area contributed by atoms with Crippen LogP contribution in [0.15, 0.2) is 28.9 Å². The highest BCUT2D eigenvalue weighted by Crippen LogP contribution is 2.01. The summed E-state index contributed by atoms with van der Waals surface area (Å²) in [5.74, 6) is 1.44. The third-order valence-electron chi connectivity index (χ3n) is 3.42. The van der Waals surface area contributed by atoms with Crippen molar-refractivity contribution >= 4 is 12.0 Å². The lowest BCUT2D eigenvalue weighted by Gasteiger charge is -1.98. The van der Waals surface area contributed by atoms with Gasteiger partial charge in [0.1, 0.15) is 5.78 Å². The first-order valence-electron chi connectivity index (χ1n) is 11.0. The van der Waals surface area contributed by atoms with Crippen molar-refractivity contribution < 1.29 is 4.79 Å². The molecule has 0 aromatic heterocycles. The minimum Gasteiger partial charge on any atom is -0.300 e. The second-order valence-electron chi connectivity index (χ2n) is 6.50. The van der Waals surface area contributed by atoms with Gasteiger partial charge in [-0.05, 0) is 45.6 Å². The predicted octanol–water partition coefficient (Wildman–Crippen LogP) is 9.06. The molecule has 1 unspecified atom stereocenters. The molecule has 0 aliphatic carbocycles. The molecule has 0 radical (unpaired) electrons. The fourth-order valence-electron chi connectivity index (χ4n) is 1.06. The van der Waals surface area contributed by atoms with Gasteiger partial charge in [-0.3, -0.25) is 9.79 Å². The van der Waals surface area contributed by atoms with E-state index < -0.39 is 0 Å². The summed E-state index contributed by atoms with van der Waals surface area (Å²) in [5, 5.41) is 0. The Bertz CT molecular complexity index is 351. The molecule has 0 aliphatic heterocycles. The topological polar surface area (TPSA) is 29.4 Å². The first-order valence-corrected chi connectivity index (χ1v) is 11.0. The van der Waals surface area contributed by atoms with Gasteiger partial charge in [0.15, 0.2) is 0 Å². The van der Waals surface area contributed by atoms with Crippen LogP contribution in [0.25, 0.3) is 0 Å². The zero-order valence-corrected chi connectivity index (χ0v) is 21.2. The number of carbonyl (C=O) groups is 1. The van der Waals surface area contributed by atoms with Crippen molar-refractivity contribution in [2.75, 3.05) is 0 Å². The highest BCUT2D eigenvalue weighted by Gasteiger charge is 2.01. The summed E-state index contributed by atoms with van der Waals surface area (Å²) in [6.45, 7) is 30.1. The van der Waals surface area contributed by atoms with E-state index in [9.17, 15) is 4.79 Å². The first kappa shape index (κ1) is 36.7. The molecule has 0 aromatic rings. The van der Waals surface area contributed by atoms with E-state index in [0.29, 0.717) is 5.78 Å². The van der Waals surface area contributed by atoms with E-state index >= 15 is 0 Å². The van der Waals surface area contributed by atoms with Crippen molar-refractivity contribution in [3.63, 3.8) is 0 Å². The van der Waals surface area contributed by atoms with Crippen molar-refractivity contribution in [2.24, 2.45) is 16.8 Å². The third kappa shape index (κ3) is 51.6. The van der Waals surface area contributed by atoms with Crippen LogP contribution in [-0.2, 0) is 4.79 Å². The molecule has 164 valence electrons. The molecule has 0 N–H and O–H groups in total. The van der Waals surface area contributed by atoms with Gasteiger partial charge in [-0.2, -0.15) is 0 Å². The Kier molecular flexibility index (Phi) is 44.2. The largest absolute Gasteiger partial charge is 0.300 e. The van der Waals surface area contributed by atoms with Gasteiger partial charge in [0.05, 0.1) is 0 Å². The Morgan fingerprint density at radius 1 is 0.926 bits per heavy atom. The van der Waals surface area contributed by atoms with Gasteiger partial charge in [-0.1, -0.05) is 94.2 Å². The molecular weight excluding hydrogens is 330 g/mol. The second-order valence-corrected chi connectivity index (χ2v) is 6.50. The average molecular weight is 384 g/mol. The average Bonchev–Trinajstić information content (AvgIpc) is 2.65. The molecule has 0 saturated heterocycles. The van der Waals surface area contributed by atoms with E-state index in [0.717, 1.165) is 24.5 Å². The fourth-order valence-corrected chi connectivity index (χ4v) is 1.06. The lowest BCUT2D eigenvalue weighted by molar-refractivity contribution is -0.120. The van der Waals surface area contributed by atoms with E-state index in [4.69, 9.17) is 0 Å². The Labute approximate surface area is 173 Å². The molecule has 0 bridgehead atoms. The summed E-state index contributed by atoms with van der Waals surface area (Å²) >= 11 is 0. The summed E-state index contributed by atoms with van der Waals surface area (Å²) in [6, 6.07) is 0. The van der Waals surface area contributed by atoms with Crippen LogP contribution in [-0.4, -0.2) is 12.0 Å². The van der Waals surface area contributed by atoms with Crippen LogP contribution in [0.4, 0.5) is 0 Å². The van der Waals surface area contributed by atoms with Gasteiger partial charge >= 0.3 is 0 Å². The molecular formula is C25H53NO. The fraction of sp³-hybridized carbons (Fsp3) is 0.760. The Morgan fingerprint density at radius 2 is 1.33 bits per heavy atom. The zero-order chi connectivity index (χ0) is 22.8. The Balaban J connectivity index is -0.0000000870. The number of aliphatic imine (C=N–C) groups is 1. The standard InChI is InChI=1S/C10H17N.C6H12O.C5H12.2C2H6/c1-5-6-10(4)7-8-11-9(2)3;1-4-5(2)6(3)7;1-4-5(2)3;2*1-2/h7-8H,2,5-6H2,1,3-4H3;5H,4H2,1-3H3;5H,4H2,1-3H3;2*1-2H3/b10-7+,11-8?;;;;. The van der Waals surface area contributed by atoms with Crippen LogP contribution < -0.4 is 0 Å². The van der Waals surface area contributed by atoms with Crippen molar-refractivity contribution in [1.29, 1.82) is 0 Å². The van der Waals surface area contributed by atoms with Crippen LogP contribution in [0.1, 0.15) is 116 Å². The molecule has 1 atom stereocenters. The highest BCUT2D eigenvalue weighted by molar-refractivity contribution is 5.77. The highest BCUT2D eigenvalue weighted by atomic mass is 16.1. The summed E-state index contributed by atoms with van der Waals surface area (Å²) in [7, 11) is 0. The minimum atomic E-state index is 0.264. The number of hydrogen-bond acceptors (Lipinski definition) is 2. The molecule has 0 aliphatic rings. The number of hydrogen-bond donors (Lipinski definition) is 0. The van der Waals surface area contributed by atoms with Crippen LogP contribution in [0.5, 0.6) is 0 Å². The summed E-state index contributed by atoms with van der Waals surface area (Å²) in [6.07, 6.45) is 8.48. The lowest BCUT2D eigenvalue weighted by atomic mass is 10.1. The van der Waals surface area contributed by atoms with Crippen LogP contribution in [0, 0.1) is 11.8 Å². The van der Waals surface area contributed by atoms with E-state index in [1.165, 1.54) is 18.4 Å². The first-order chi connectivity index (χ1) is 12.6. The number of carbonyl (C=O) groups excluding carboxylic acids is 1. The van der Waals surface area contributed by atoms with Crippen molar-refractivity contribution in [1.82, 2.24) is 0 Å². The second kappa shape index (κ2) is 32.5. The van der Waals surface area contributed by atoms with Crippen LogP contribution in [0.3, 0.4) is 0 Å². The summed E-state index contributed by atoms with van der Waals surface area (Å²) in [5.41, 5.74) is 2.23. The number of Topliss-reactive ketones (excluding diaryl/α,β-unsaturated/α-hetero) is 1. The van der Waals surface area contributed by atoms with Crippen LogP contribution in [0.2, 0.25) is 0 Å². The summed E-state index contributed by atoms with van der Waals surface area (Å²) < 4.78 is 0. The normalized spacial score (nSPS) is 10.8. The molecule has 2 heteroatoms. The number of ketones is 1. The molecule has 2 nitrogen and oxygen atoms in total. The minimum absolute atomic E-state index is 0.264. The van der Waals surface area contributed by atoms with Gasteiger partial charge in [0, 0.05) is 17.8 Å². The SMILES string of the molecule is C=C(C)N=C/C=C(\C)CCC.CC.CC.CCC(C)C.CCC(C)C(C)=O. The molecule has 0 heterocycles. The molecule has 0 rings (SSSR count). The summed E-state index contributed by atoms with van der Waals surface area (Å²) in [4.78, 5) is 14.4. The lowest BCUT2D eigenvalue weighted by Crippen LogP contribution is -2.03. The van der Waals surface area contributed by atoms with E-state index in [2.05, 4.69) is 46.2 Å². The quantitative estimate of drug-likeness (QED) is 0.403. The van der Waals surface area contributed by atoms with Gasteiger partial charge in [-0.15, -0.1) is 0 Å². The van der Waals surface area contributed by atoms with Gasteiger partial charge in [0.2, 0.25) is 0 Å². The van der Waals surface area contributed by atoms with Gasteiger partial charge < -0.3 is 0 Å². The molecule has 0 aromatic carbocycles. The third-order valence-corrected chi connectivity index (χ3v) is 3.42. The van der Waals surface area contributed by atoms with E-state index in [1.54, 1.807) is 6.92 Å². The number of allylic oxidation sites excluding steroid dienone is 3. The molecule has 0 saturated carbocycles. The monoisotopic (exact) mass is 383 g/mol. The number of rotatable bonds is 7. The van der Waals surface area contributed by atoms with Crippen molar-refractivity contribution in [2.45, 2.75) is 116 Å². The van der Waals surface area contributed by atoms with Gasteiger partial charge in [-0.25, -0.2) is 0 Å². The maximum Gasteiger partial charge on any atom is 0.132 e. The van der Waals surface area contributed by atoms with E-state index in [1.807, 2.05) is 60.8 Å². The van der Waals surface area contributed by atoms with Crippen LogP contribution >= 0.6 is 0 Å². The predicted molar refractivity (Wildman–Crippen MR) is 130 cm³/mol. The molecule has 0 amide bonds. The van der Waals surface area contributed by atoms with E-state index in [-0.39, 0.29) is 5.92 Å². The zero-order valence-electron chi connectivity index (χ0n) is 21.2. The maximum absolute atomic E-state index is 10.4. The smallest absolute Gasteiger partial charge is 0.132 e.